The molecule has 0 bridgehead atoms. The molecule has 1 aliphatic rings. The minimum Gasteiger partial charge on any atom is -0.0801 e. The molecule has 0 aromatic heterocycles. The Morgan fingerprint density at radius 3 is 2.82 bits per heavy atom. The van der Waals surface area contributed by atoms with Crippen LogP contribution in [0.4, 0.5) is 0 Å². The molecule has 1 atom stereocenters. The Bertz CT molecular complexity index is 177. The van der Waals surface area contributed by atoms with Gasteiger partial charge in [-0.1, -0.05) is 32.1 Å². The molecule has 0 nitrogen and oxygen atoms in total. The average molecular weight is 262 g/mol. The third kappa shape index (κ3) is 3.41. The molecule has 0 N–H and O–H groups in total. The van der Waals surface area contributed by atoms with E-state index < -0.39 is 0 Å². The van der Waals surface area contributed by atoms with Crippen LogP contribution in [0, 0.1) is 11.8 Å². The van der Waals surface area contributed by atoms with Crippen molar-refractivity contribution in [2.75, 3.05) is 0 Å². The van der Waals surface area contributed by atoms with E-state index in [1.807, 2.05) is 0 Å². The minimum absolute atomic E-state index is 0.800. The lowest BCUT2D eigenvalue weighted by Gasteiger charge is -2.15. The van der Waals surface area contributed by atoms with Gasteiger partial charge in [0.15, 0.2) is 0 Å². The van der Waals surface area contributed by atoms with Crippen LogP contribution in [-0.4, -0.2) is 0 Å². The second kappa shape index (κ2) is 4.29. The largest absolute Gasteiger partial charge is 0.0801 e. The maximum atomic E-state index is 2.37. The predicted octanol–water partition coefficient (Wildman–Crippen LogP) is 3.93. The molecule has 1 unspecified atom stereocenters. The quantitative estimate of drug-likeness (QED) is 0.661. The van der Waals surface area contributed by atoms with E-state index in [0.717, 1.165) is 11.8 Å². The highest BCUT2D eigenvalue weighted by molar-refractivity contribution is 14.1. The Morgan fingerprint density at radius 2 is 2.36 bits per heavy atom. The first-order chi connectivity index (χ1) is 5.18. The molecule has 0 heterocycles. The predicted molar refractivity (Wildman–Crippen MR) is 58.8 cm³/mol. The van der Waals surface area contributed by atoms with Crippen molar-refractivity contribution in [3.63, 3.8) is 0 Å². The second-order valence-corrected chi connectivity index (χ2v) is 4.82. The first kappa shape index (κ1) is 9.30. The van der Waals surface area contributed by atoms with Crippen LogP contribution in [0.3, 0.4) is 0 Å². The van der Waals surface area contributed by atoms with Crippen LogP contribution >= 0.6 is 22.6 Å². The number of hydrogen-bond donors (Lipinski definition) is 0. The van der Waals surface area contributed by atoms with E-state index in [1.165, 1.54) is 16.4 Å². The molecule has 62 valence electrons. The van der Waals surface area contributed by atoms with Gasteiger partial charge in [-0.2, -0.15) is 0 Å². The summed E-state index contributed by atoms with van der Waals surface area (Å²) in [4.78, 5) is 0. The molecule has 0 spiro atoms. The third-order valence-electron chi connectivity index (χ3n) is 1.92. The Hall–Kier alpha value is 0.210. The van der Waals surface area contributed by atoms with Crippen LogP contribution in [0.25, 0.3) is 0 Å². The van der Waals surface area contributed by atoms with Crippen molar-refractivity contribution in [2.24, 2.45) is 11.8 Å². The molecule has 1 rings (SSSR count). The SMILES string of the molecule is CC(C)CC1C=CC(I)=CC1. The number of rotatable bonds is 2. The molecule has 1 aliphatic carbocycles. The van der Waals surface area contributed by atoms with E-state index in [4.69, 9.17) is 0 Å². The lowest BCUT2D eigenvalue weighted by atomic mass is 9.92. The molecule has 0 aliphatic heterocycles. The van der Waals surface area contributed by atoms with Gasteiger partial charge in [-0.3, -0.25) is 0 Å². The first-order valence-corrected chi connectivity index (χ1v) is 5.30. The third-order valence-corrected chi connectivity index (χ3v) is 2.72. The monoisotopic (exact) mass is 262 g/mol. The van der Waals surface area contributed by atoms with Crippen molar-refractivity contribution in [1.29, 1.82) is 0 Å². The maximum absolute atomic E-state index is 2.37. The fourth-order valence-corrected chi connectivity index (χ4v) is 1.88. The summed E-state index contributed by atoms with van der Waals surface area (Å²) < 4.78 is 1.39. The molecule has 0 amide bonds. The number of halogens is 1. The number of hydrogen-bond acceptors (Lipinski definition) is 0. The highest BCUT2D eigenvalue weighted by Crippen LogP contribution is 2.25. The van der Waals surface area contributed by atoms with Gasteiger partial charge in [0.25, 0.3) is 0 Å². The normalized spacial score (nSPS) is 24.0. The van der Waals surface area contributed by atoms with Gasteiger partial charge in [0.1, 0.15) is 0 Å². The van der Waals surface area contributed by atoms with E-state index >= 15 is 0 Å². The zero-order valence-corrected chi connectivity index (χ0v) is 9.34. The summed E-state index contributed by atoms with van der Waals surface area (Å²) in [5.74, 6) is 1.63. The molecule has 0 aromatic rings. The van der Waals surface area contributed by atoms with Gasteiger partial charge in [-0.15, -0.1) is 0 Å². The molecule has 0 radical (unpaired) electrons. The van der Waals surface area contributed by atoms with Gasteiger partial charge in [0.2, 0.25) is 0 Å². The van der Waals surface area contributed by atoms with E-state index in [-0.39, 0.29) is 0 Å². The highest BCUT2D eigenvalue weighted by atomic mass is 127. The van der Waals surface area contributed by atoms with Crippen LogP contribution < -0.4 is 0 Å². The fraction of sp³-hybridized carbons (Fsp3) is 0.600. The molecular formula is C10H15I. The van der Waals surface area contributed by atoms with Crippen LogP contribution in [0.15, 0.2) is 21.8 Å². The zero-order chi connectivity index (χ0) is 8.27. The molecule has 11 heavy (non-hydrogen) atoms. The van der Waals surface area contributed by atoms with Gasteiger partial charge in [-0.05, 0) is 47.3 Å². The van der Waals surface area contributed by atoms with Crippen molar-refractivity contribution in [2.45, 2.75) is 26.7 Å². The van der Waals surface area contributed by atoms with Crippen molar-refractivity contribution in [3.8, 4) is 0 Å². The Morgan fingerprint density at radius 1 is 1.64 bits per heavy atom. The zero-order valence-electron chi connectivity index (χ0n) is 7.18. The van der Waals surface area contributed by atoms with Gasteiger partial charge in [-0.25, -0.2) is 0 Å². The van der Waals surface area contributed by atoms with Crippen LogP contribution in [0.2, 0.25) is 0 Å². The topological polar surface area (TPSA) is 0 Å². The van der Waals surface area contributed by atoms with Crippen LogP contribution in [-0.2, 0) is 0 Å². The summed E-state index contributed by atoms with van der Waals surface area (Å²) in [5.41, 5.74) is 0. The van der Waals surface area contributed by atoms with Crippen molar-refractivity contribution in [3.05, 3.63) is 21.8 Å². The van der Waals surface area contributed by atoms with E-state index in [2.05, 4.69) is 54.7 Å². The molecule has 0 aromatic carbocycles. The molecule has 0 saturated carbocycles. The van der Waals surface area contributed by atoms with Crippen molar-refractivity contribution < 1.29 is 0 Å². The second-order valence-electron chi connectivity index (χ2n) is 3.57. The summed E-state index contributed by atoms with van der Waals surface area (Å²) in [6, 6.07) is 0. The smallest absolute Gasteiger partial charge is 0.00871 e. The molecule has 0 saturated heterocycles. The van der Waals surface area contributed by atoms with E-state index in [0.29, 0.717) is 0 Å². The standard InChI is InChI=1S/C10H15I/c1-8(2)7-9-3-5-10(11)6-4-9/h3,5-6,8-9H,4,7H2,1-2H3. The van der Waals surface area contributed by atoms with Crippen molar-refractivity contribution in [1.82, 2.24) is 0 Å². The summed E-state index contributed by atoms with van der Waals surface area (Å²) in [6.45, 7) is 4.58. The van der Waals surface area contributed by atoms with E-state index in [9.17, 15) is 0 Å². The molecule has 0 fully saturated rings. The fourth-order valence-electron chi connectivity index (χ4n) is 1.42. The first-order valence-electron chi connectivity index (χ1n) is 4.22. The van der Waals surface area contributed by atoms with E-state index in [1.54, 1.807) is 0 Å². The van der Waals surface area contributed by atoms with Gasteiger partial charge < -0.3 is 0 Å². The van der Waals surface area contributed by atoms with Crippen LogP contribution in [0.1, 0.15) is 26.7 Å². The average Bonchev–Trinajstić information content (AvgIpc) is 1.93. The molecular weight excluding hydrogens is 247 g/mol. The molecule has 1 heteroatoms. The summed E-state index contributed by atoms with van der Waals surface area (Å²) in [7, 11) is 0. The summed E-state index contributed by atoms with van der Waals surface area (Å²) in [5, 5.41) is 0. The van der Waals surface area contributed by atoms with Gasteiger partial charge in [0, 0.05) is 3.58 Å². The van der Waals surface area contributed by atoms with Gasteiger partial charge in [0.05, 0.1) is 0 Å². The highest BCUT2D eigenvalue weighted by Gasteiger charge is 2.08. The summed E-state index contributed by atoms with van der Waals surface area (Å²) in [6.07, 6.45) is 9.48. The minimum atomic E-state index is 0.800. The maximum Gasteiger partial charge on any atom is 0.00871 e. The lowest BCUT2D eigenvalue weighted by molar-refractivity contribution is 0.476. The van der Waals surface area contributed by atoms with Crippen LogP contribution in [0.5, 0.6) is 0 Å². The number of allylic oxidation sites excluding steroid dienone is 4. The Balaban J connectivity index is 2.37. The lowest BCUT2D eigenvalue weighted by Crippen LogP contribution is -2.02. The summed E-state index contributed by atoms with van der Waals surface area (Å²) >= 11 is 2.37. The Kier molecular flexibility index (Phi) is 3.63. The Labute approximate surface area is 82.9 Å². The van der Waals surface area contributed by atoms with Crippen molar-refractivity contribution >= 4 is 22.6 Å². The van der Waals surface area contributed by atoms with Gasteiger partial charge >= 0.3 is 0 Å².